The first-order chi connectivity index (χ1) is 9.91. The van der Waals surface area contributed by atoms with Gasteiger partial charge in [-0.05, 0) is 35.2 Å². The third-order valence-electron chi connectivity index (χ3n) is 2.66. The first kappa shape index (κ1) is 15.0. The Bertz CT molecular complexity index is 707. The van der Waals surface area contributed by atoms with E-state index in [2.05, 4.69) is 0 Å². The van der Waals surface area contributed by atoms with Crippen LogP contribution in [0.2, 0.25) is 0 Å². The summed E-state index contributed by atoms with van der Waals surface area (Å²) < 4.78 is 37.3. The lowest BCUT2D eigenvalue weighted by Crippen LogP contribution is -2.04. The Hall–Kier alpha value is -2.39. The molecule has 2 nitrogen and oxygen atoms in total. The van der Waals surface area contributed by atoms with Crippen LogP contribution in [0.3, 0.4) is 0 Å². The summed E-state index contributed by atoms with van der Waals surface area (Å²) in [7, 11) is 0. The number of alkyl halides is 3. The highest BCUT2D eigenvalue weighted by Crippen LogP contribution is 2.29. The standard InChI is InChI=1S/C15H8F3NOS/c16-15(17,18)12-5-3-10(4-6-12)8-11(9-19)14(20)13-2-1-7-21-13/h1-8H/b11-8+. The molecule has 106 valence electrons. The van der Waals surface area contributed by atoms with Crippen LogP contribution in [0.15, 0.2) is 47.4 Å². The minimum Gasteiger partial charge on any atom is -0.287 e. The summed E-state index contributed by atoms with van der Waals surface area (Å²) >= 11 is 1.20. The molecule has 0 radical (unpaired) electrons. The number of nitrogens with zero attached hydrogens (tertiary/aromatic N) is 1. The minimum atomic E-state index is -4.41. The van der Waals surface area contributed by atoms with E-state index in [-0.39, 0.29) is 5.57 Å². The van der Waals surface area contributed by atoms with Gasteiger partial charge in [-0.1, -0.05) is 18.2 Å². The first-order valence-corrected chi connectivity index (χ1v) is 6.67. The zero-order chi connectivity index (χ0) is 15.5. The van der Waals surface area contributed by atoms with E-state index in [1.807, 2.05) is 0 Å². The Labute approximate surface area is 122 Å². The molecule has 21 heavy (non-hydrogen) atoms. The van der Waals surface area contributed by atoms with Crippen molar-refractivity contribution in [3.05, 3.63) is 63.4 Å². The summed E-state index contributed by atoms with van der Waals surface area (Å²) in [4.78, 5) is 12.4. The van der Waals surface area contributed by atoms with Crippen molar-refractivity contribution in [1.29, 1.82) is 5.26 Å². The third kappa shape index (κ3) is 3.58. The maximum Gasteiger partial charge on any atom is 0.416 e. The Balaban J connectivity index is 2.29. The van der Waals surface area contributed by atoms with Gasteiger partial charge in [-0.2, -0.15) is 18.4 Å². The van der Waals surface area contributed by atoms with Crippen LogP contribution in [-0.4, -0.2) is 5.78 Å². The maximum atomic E-state index is 12.4. The highest BCUT2D eigenvalue weighted by molar-refractivity contribution is 7.12. The van der Waals surface area contributed by atoms with E-state index in [1.54, 1.807) is 23.6 Å². The van der Waals surface area contributed by atoms with E-state index in [0.29, 0.717) is 10.4 Å². The molecule has 0 fully saturated rings. The lowest BCUT2D eigenvalue weighted by Gasteiger charge is -2.06. The van der Waals surface area contributed by atoms with Crippen molar-refractivity contribution in [3.8, 4) is 6.07 Å². The van der Waals surface area contributed by atoms with Gasteiger partial charge in [0, 0.05) is 0 Å². The summed E-state index contributed by atoms with van der Waals surface area (Å²) in [5.41, 5.74) is -0.524. The van der Waals surface area contributed by atoms with E-state index >= 15 is 0 Å². The molecule has 0 aliphatic rings. The zero-order valence-electron chi connectivity index (χ0n) is 10.5. The fourth-order valence-corrected chi connectivity index (χ4v) is 2.30. The Morgan fingerprint density at radius 3 is 2.33 bits per heavy atom. The Morgan fingerprint density at radius 2 is 1.86 bits per heavy atom. The second kappa shape index (κ2) is 5.94. The number of halogens is 3. The molecule has 0 atom stereocenters. The van der Waals surface area contributed by atoms with Gasteiger partial charge in [0.05, 0.1) is 10.4 Å². The molecule has 0 aliphatic heterocycles. The number of carbonyl (C=O) groups excluding carboxylic acids is 1. The fourth-order valence-electron chi connectivity index (χ4n) is 1.62. The molecule has 0 N–H and O–H groups in total. The van der Waals surface area contributed by atoms with Crippen molar-refractivity contribution in [3.63, 3.8) is 0 Å². The molecule has 1 aromatic heterocycles. The van der Waals surface area contributed by atoms with Gasteiger partial charge >= 0.3 is 6.18 Å². The van der Waals surface area contributed by atoms with Crippen LogP contribution in [0.25, 0.3) is 6.08 Å². The van der Waals surface area contributed by atoms with Crippen LogP contribution in [0, 0.1) is 11.3 Å². The van der Waals surface area contributed by atoms with E-state index < -0.39 is 17.5 Å². The average molecular weight is 307 g/mol. The van der Waals surface area contributed by atoms with Crippen LogP contribution in [0.4, 0.5) is 13.2 Å². The summed E-state index contributed by atoms with van der Waals surface area (Å²) in [6.45, 7) is 0. The van der Waals surface area contributed by atoms with Gasteiger partial charge in [0.2, 0.25) is 5.78 Å². The molecule has 0 saturated carbocycles. The van der Waals surface area contributed by atoms with Gasteiger partial charge in [-0.25, -0.2) is 0 Å². The van der Waals surface area contributed by atoms with Crippen molar-refractivity contribution in [2.24, 2.45) is 0 Å². The quantitative estimate of drug-likeness (QED) is 0.474. The number of ketones is 1. The summed E-state index contributed by atoms with van der Waals surface area (Å²) in [6, 6.07) is 9.33. The number of carbonyl (C=O) groups is 1. The summed E-state index contributed by atoms with van der Waals surface area (Å²) in [5.74, 6) is -0.438. The second-order valence-corrected chi connectivity index (χ2v) is 5.04. The number of Topliss-reactive ketones (excluding diaryl/α,β-unsaturated/α-hetero) is 1. The fraction of sp³-hybridized carbons (Fsp3) is 0.0667. The van der Waals surface area contributed by atoms with E-state index in [1.165, 1.54) is 29.5 Å². The third-order valence-corrected chi connectivity index (χ3v) is 3.53. The number of hydrogen-bond donors (Lipinski definition) is 0. The molecule has 0 spiro atoms. The van der Waals surface area contributed by atoms with Crippen LogP contribution < -0.4 is 0 Å². The maximum absolute atomic E-state index is 12.4. The van der Waals surface area contributed by atoms with Gasteiger partial charge in [0.15, 0.2) is 0 Å². The van der Waals surface area contributed by atoms with Gasteiger partial charge < -0.3 is 0 Å². The molecule has 0 bridgehead atoms. The summed E-state index contributed by atoms with van der Waals surface area (Å²) in [6.07, 6.45) is -3.13. The monoisotopic (exact) mass is 307 g/mol. The number of nitriles is 1. The average Bonchev–Trinajstić information content (AvgIpc) is 2.97. The van der Waals surface area contributed by atoms with E-state index in [0.717, 1.165) is 12.1 Å². The minimum absolute atomic E-state index is 0.114. The largest absolute Gasteiger partial charge is 0.416 e. The second-order valence-electron chi connectivity index (χ2n) is 4.10. The molecular weight excluding hydrogens is 299 g/mol. The molecule has 6 heteroatoms. The zero-order valence-corrected chi connectivity index (χ0v) is 11.3. The van der Waals surface area contributed by atoms with Crippen molar-refractivity contribution in [2.75, 3.05) is 0 Å². The SMILES string of the molecule is N#C/C(=C\c1ccc(C(F)(F)F)cc1)C(=O)c1cccs1. The molecule has 0 amide bonds. The molecule has 2 aromatic rings. The highest BCUT2D eigenvalue weighted by Gasteiger charge is 2.29. The Morgan fingerprint density at radius 1 is 1.19 bits per heavy atom. The molecular formula is C15H8F3NOS. The molecule has 1 heterocycles. The molecule has 0 unspecified atom stereocenters. The number of allylic oxidation sites excluding steroid dienone is 1. The number of hydrogen-bond acceptors (Lipinski definition) is 3. The van der Waals surface area contributed by atoms with Gasteiger partial charge in [-0.3, -0.25) is 4.79 Å². The van der Waals surface area contributed by atoms with Crippen LogP contribution >= 0.6 is 11.3 Å². The van der Waals surface area contributed by atoms with Crippen molar-refractivity contribution < 1.29 is 18.0 Å². The predicted octanol–water partition coefficient (Wildman–Crippen LogP) is 4.56. The highest BCUT2D eigenvalue weighted by atomic mass is 32.1. The van der Waals surface area contributed by atoms with Gasteiger partial charge in [0.1, 0.15) is 11.6 Å². The van der Waals surface area contributed by atoms with Crippen molar-refractivity contribution in [2.45, 2.75) is 6.18 Å². The van der Waals surface area contributed by atoms with Gasteiger partial charge in [0.25, 0.3) is 0 Å². The predicted molar refractivity (Wildman–Crippen MR) is 73.7 cm³/mol. The topological polar surface area (TPSA) is 40.9 Å². The van der Waals surface area contributed by atoms with Crippen LogP contribution in [0.5, 0.6) is 0 Å². The number of benzene rings is 1. The molecule has 2 rings (SSSR count). The smallest absolute Gasteiger partial charge is 0.287 e. The lowest BCUT2D eigenvalue weighted by atomic mass is 10.1. The van der Waals surface area contributed by atoms with Gasteiger partial charge in [-0.15, -0.1) is 11.3 Å². The van der Waals surface area contributed by atoms with Crippen LogP contribution in [-0.2, 0) is 6.18 Å². The number of thiophene rings is 1. The van der Waals surface area contributed by atoms with Crippen LogP contribution in [0.1, 0.15) is 20.8 Å². The van der Waals surface area contributed by atoms with E-state index in [9.17, 15) is 18.0 Å². The number of rotatable bonds is 3. The van der Waals surface area contributed by atoms with Crippen molar-refractivity contribution >= 4 is 23.2 Å². The Kier molecular flexibility index (Phi) is 4.24. The molecule has 1 aromatic carbocycles. The summed E-state index contributed by atoms with van der Waals surface area (Å²) in [5, 5.41) is 10.7. The first-order valence-electron chi connectivity index (χ1n) is 5.79. The lowest BCUT2D eigenvalue weighted by molar-refractivity contribution is -0.137. The van der Waals surface area contributed by atoms with E-state index in [4.69, 9.17) is 5.26 Å². The molecule has 0 saturated heterocycles. The molecule has 0 aliphatic carbocycles. The normalized spacial score (nSPS) is 12.0. The van der Waals surface area contributed by atoms with Crippen molar-refractivity contribution in [1.82, 2.24) is 0 Å².